The summed E-state index contributed by atoms with van der Waals surface area (Å²) in [4.78, 5) is 12.7. The van der Waals surface area contributed by atoms with Gasteiger partial charge in [0.2, 0.25) is 5.91 Å². The third-order valence-electron chi connectivity index (χ3n) is 2.31. The molecule has 13 heavy (non-hydrogen) atoms. The molecule has 0 atom stereocenters. The van der Waals surface area contributed by atoms with Crippen LogP contribution < -0.4 is 4.90 Å². The second-order valence-electron chi connectivity index (χ2n) is 3.27. The van der Waals surface area contributed by atoms with Crippen molar-refractivity contribution >= 4 is 11.6 Å². The van der Waals surface area contributed by atoms with Crippen LogP contribution in [-0.4, -0.2) is 17.7 Å². The Balaban J connectivity index is 2.48. The van der Waals surface area contributed by atoms with E-state index in [1.165, 1.54) is 4.90 Å². The van der Waals surface area contributed by atoms with Gasteiger partial charge in [-0.2, -0.15) is 0 Å². The molecule has 1 aliphatic rings. The number of rotatable bonds is 1. The Bertz CT molecular complexity index is 360. The van der Waals surface area contributed by atoms with Crippen molar-refractivity contribution in [3.8, 4) is 0 Å². The standard InChI is InChI=1S/C10H11NO2/c1-7-2-3-9-8(4-7)5-10(13)11(9)6-12/h2-4,12H,5-6H2,1H3. The lowest BCUT2D eigenvalue weighted by molar-refractivity contribution is -0.118. The molecule has 0 saturated carbocycles. The number of nitrogens with zero attached hydrogens (tertiary/aromatic N) is 1. The van der Waals surface area contributed by atoms with Crippen molar-refractivity contribution in [2.75, 3.05) is 11.6 Å². The summed E-state index contributed by atoms with van der Waals surface area (Å²) < 4.78 is 0. The number of benzene rings is 1. The Morgan fingerprint density at radius 2 is 2.31 bits per heavy atom. The largest absolute Gasteiger partial charge is 0.376 e. The first-order valence-electron chi connectivity index (χ1n) is 4.23. The highest BCUT2D eigenvalue weighted by Crippen LogP contribution is 2.28. The lowest BCUT2D eigenvalue weighted by Crippen LogP contribution is -2.27. The lowest BCUT2D eigenvalue weighted by atomic mass is 10.1. The van der Waals surface area contributed by atoms with E-state index in [0.717, 1.165) is 16.8 Å². The number of aryl methyl sites for hydroxylation is 1. The van der Waals surface area contributed by atoms with Crippen LogP contribution in [0.25, 0.3) is 0 Å². The van der Waals surface area contributed by atoms with Crippen LogP contribution >= 0.6 is 0 Å². The van der Waals surface area contributed by atoms with E-state index in [2.05, 4.69) is 0 Å². The number of anilines is 1. The molecule has 3 heteroatoms. The predicted octanol–water partition coefficient (Wildman–Crippen LogP) is 0.834. The first-order valence-corrected chi connectivity index (χ1v) is 4.23. The van der Waals surface area contributed by atoms with Gasteiger partial charge in [0.15, 0.2) is 0 Å². The van der Waals surface area contributed by atoms with Crippen molar-refractivity contribution in [3.05, 3.63) is 29.3 Å². The predicted molar refractivity (Wildman–Crippen MR) is 49.5 cm³/mol. The molecule has 0 radical (unpaired) electrons. The van der Waals surface area contributed by atoms with Crippen LogP contribution in [0.4, 0.5) is 5.69 Å². The van der Waals surface area contributed by atoms with Crippen LogP contribution in [0.3, 0.4) is 0 Å². The van der Waals surface area contributed by atoms with Gasteiger partial charge in [-0.15, -0.1) is 0 Å². The molecular weight excluding hydrogens is 166 g/mol. The summed E-state index contributed by atoms with van der Waals surface area (Å²) in [5.41, 5.74) is 3.00. The van der Waals surface area contributed by atoms with Gasteiger partial charge in [0.05, 0.1) is 6.42 Å². The topological polar surface area (TPSA) is 40.5 Å². The summed E-state index contributed by atoms with van der Waals surface area (Å²) in [7, 11) is 0. The van der Waals surface area contributed by atoms with Gasteiger partial charge < -0.3 is 5.11 Å². The Morgan fingerprint density at radius 3 is 3.00 bits per heavy atom. The molecule has 1 aromatic carbocycles. The highest BCUT2D eigenvalue weighted by molar-refractivity contribution is 6.01. The van der Waals surface area contributed by atoms with Gasteiger partial charge in [-0.3, -0.25) is 9.69 Å². The fourth-order valence-corrected chi connectivity index (χ4v) is 1.67. The van der Waals surface area contributed by atoms with Crippen molar-refractivity contribution in [1.82, 2.24) is 0 Å². The number of amides is 1. The molecule has 1 amide bonds. The third kappa shape index (κ3) is 1.21. The second kappa shape index (κ2) is 2.85. The van der Waals surface area contributed by atoms with E-state index in [9.17, 15) is 4.79 Å². The van der Waals surface area contributed by atoms with E-state index in [0.29, 0.717) is 6.42 Å². The second-order valence-corrected chi connectivity index (χ2v) is 3.27. The molecule has 0 bridgehead atoms. The molecule has 3 nitrogen and oxygen atoms in total. The van der Waals surface area contributed by atoms with E-state index in [1.807, 2.05) is 25.1 Å². The van der Waals surface area contributed by atoms with E-state index in [1.54, 1.807) is 0 Å². The van der Waals surface area contributed by atoms with Crippen LogP contribution in [0.15, 0.2) is 18.2 Å². The van der Waals surface area contributed by atoms with Crippen molar-refractivity contribution < 1.29 is 9.90 Å². The summed E-state index contributed by atoms with van der Waals surface area (Å²) in [5.74, 6) is -0.0249. The van der Waals surface area contributed by atoms with Crippen LogP contribution in [0, 0.1) is 6.92 Å². The van der Waals surface area contributed by atoms with E-state index in [-0.39, 0.29) is 12.6 Å². The molecule has 0 aromatic heterocycles. The molecule has 1 aliphatic heterocycles. The number of aliphatic hydroxyl groups excluding tert-OH is 1. The highest BCUT2D eigenvalue weighted by Gasteiger charge is 2.25. The van der Waals surface area contributed by atoms with Gasteiger partial charge in [0.25, 0.3) is 0 Å². The fourth-order valence-electron chi connectivity index (χ4n) is 1.67. The summed E-state index contributed by atoms with van der Waals surface area (Å²) in [6, 6.07) is 5.81. The maximum atomic E-state index is 11.3. The van der Waals surface area contributed by atoms with Crippen LogP contribution in [0.5, 0.6) is 0 Å². The van der Waals surface area contributed by atoms with Gasteiger partial charge in [-0.05, 0) is 18.6 Å². The maximum absolute atomic E-state index is 11.3. The molecule has 68 valence electrons. The maximum Gasteiger partial charge on any atom is 0.233 e. The average Bonchev–Trinajstić information content (AvgIpc) is 2.39. The minimum Gasteiger partial charge on any atom is -0.376 e. The summed E-state index contributed by atoms with van der Waals surface area (Å²) >= 11 is 0. The normalized spacial score (nSPS) is 14.9. The van der Waals surface area contributed by atoms with Crippen molar-refractivity contribution in [2.24, 2.45) is 0 Å². The van der Waals surface area contributed by atoms with E-state index < -0.39 is 0 Å². The van der Waals surface area contributed by atoms with Gasteiger partial charge in [-0.1, -0.05) is 17.7 Å². The van der Waals surface area contributed by atoms with Crippen LogP contribution in [0.2, 0.25) is 0 Å². The summed E-state index contributed by atoms with van der Waals surface area (Å²) in [5, 5.41) is 8.96. The minimum absolute atomic E-state index is 0.0249. The molecule has 2 rings (SSSR count). The first-order chi connectivity index (χ1) is 6.22. The zero-order valence-electron chi connectivity index (χ0n) is 7.45. The Hall–Kier alpha value is -1.35. The van der Waals surface area contributed by atoms with Gasteiger partial charge >= 0.3 is 0 Å². The van der Waals surface area contributed by atoms with E-state index in [4.69, 9.17) is 5.11 Å². The zero-order chi connectivity index (χ0) is 9.42. The molecule has 0 saturated heterocycles. The van der Waals surface area contributed by atoms with Crippen LogP contribution in [0.1, 0.15) is 11.1 Å². The molecule has 1 aromatic rings. The number of carbonyl (C=O) groups is 1. The van der Waals surface area contributed by atoms with Gasteiger partial charge in [0.1, 0.15) is 6.73 Å². The number of fused-ring (bicyclic) bond motifs is 1. The van der Waals surface area contributed by atoms with Crippen LogP contribution in [-0.2, 0) is 11.2 Å². The minimum atomic E-state index is -0.227. The molecule has 0 spiro atoms. The number of hydrogen-bond donors (Lipinski definition) is 1. The Labute approximate surface area is 76.6 Å². The number of aliphatic hydroxyl groups is 1. The molecule has 0 fully saturated rings. The number of hydrogen-bond acceptors (Lipinski definition) is 2. The monoisotopic (exact) mass is 177 g/mol. The summed E-state index contributed by atoms with van der Waals surface area (Å²) in [6.45, 7) is 1.77. The lowest BCUT2D eigenvalue weighted by Gasteiger charge is -2.13. The Morgan fingerprint density at radius 1 is 1.54 bits per heavy atom. The van der Waals surface area contributed by atoms with Gasteiger partial charge in [-0.25, -0.2) is 0 Å². The first kappa shape index (κ1) is 8.26. The van der Waals surface area contributed by atoms with Gasteiger partial charge in [0, 0.05) is 5.69 Å². The van der Waals surface area contributed by atoms with E-state index >= 15 is 0 Å². The SMILES string of the molecule is Cc1ccc2c(c1)CC(=O)N2CO. The summed E-state index contributed by atoms with van der Waals surface area (Å²) in [6.07, 6.45) is 0.414. The molecule has 1 N–H and O–H groups in total. The molecular formula is C10H11NO2. The fraction of sp³-hybridized carbons (Fsp3) is 0.300. The highest BCUT2D eigenvalue weighted by atomic mass is 16.3. The third-order valence-corrected chi connectivity index (χ3v) is 2.31. The zero-order valence-corrected chi connectivity index (χ0v) is 7.45. The quantitative estimate of drug-likeness (QED) is 0.690. The smallest absolute Gasteiger partial charge is 0.233 e. The Kier molecular flexibility index (Phi) is 1.81. The van der Waals surface area contributed by atoms with Crippen molar-refractivity contribution in [2.45, 2.75) is 13.3 Å². The average molecular weight is 177 g/mol. The van der Waals surface area contributed by atoms with Crippen molar-refractivity contribution in [1.29, 1.82) is 0 Å². The molecule has 0 aliphatic carbocycles. The number of carbonyl (C=O) groups excluding carboxylic acids is 1. The molecule has 0 unspecified atom stereocenters. The van der Waals surface area contributed by atoms with Crippen molar-refractivity contribution in [3.63, 3.8) is 0 Å². The molecule has 1 heterocycles.